The van der Waals surface area contributed by atoms with Crippen LogP contribution in [-0.2, 0) is 21.7 Å². The molecule has 0 N–H and O–H groups in total. The van der Waals surface area contributed by atoms with Crippen LogP contribution in [0.5, 0.6) is 11.5 Å². The Hall–Kier alpha value is -11.7. The monoisotopic (exact) mass is 1310 g/mol. The van der Waals surface area contributed by atoms with Gasteiger partial charge in [0.25, 0.3) is 6.71 Å². The summed E-state index contributed by atoms with van der Waals surface area (Å²) in [5.74, 6) is 1.74. The van der Waals surface area contributed by atoms with Gasteiger partial charge in [0, 0.05) is 72.6 Å². The lowest BCUT2D eigenvalue weighted by molar-refractivity contribution is 0.436. The van der Waals surface area contributed by atoms with Gasteiger partial charge in [-0.2, -0.15) is 0 Å². The zero-order valence-electron chi connectivity index (χ0n) is 59.3. The minimum absolute atomic E-state index is 0.0595. The lowest BCUT2D eigenvalue weighted by atomic mass is 9.33. The molecule has 0 unspecified atom stereocenters. The second kappa shape index (κ2) is 22.7. The van der Waals surface area contributed by atoms with Crippen molar-refractivity contribution in [2.24, 2.45) is 0 Å². The molecule has 4 heterocycles. The largest absolute Gasteiger partial charge is 0.457 e. The fourth-order valence-electron chi connectivity index (χ4n) is 17.6. The van der Waals surface area contributed by atoms with Crippen LogP contribution in [0.25, 0.3) is 83.1 Å². The van der Waals surface area contributed by atoms with Crippen molar-refractivity contribution in [3.05, 3.63) is 348 Å². The third-order valence-electron chi connectivity index (χ3n) is 22.5. The summed E-state index contributed by atoms with van der Waals surface area (Å²) >= 11 is 0. The van der Waals surface area contributed by atoms with Crippen molar-refractivity contribution in [2.75, 3.05) is 9.80 Å². The van der Waals surface area contributed by atoms with Crippen LogP contribution >= 0.6 is 0 Å². The van der Waals surface area contributed by atoms with Gasteiger partial charge in [0.05, 0.1) is 27.8 Å². The number of para-hydroxylation sites is 4. The van der Waals surface area contributed by atoms with Gasteiger partial charge in [0.1, 0.15) is 11.5 Å². The van der Waals surface area contributed by atoms with E-state index in [1.807, 2.05) is 0 Å². The van der Waals surface area contributed by atoms with Gasteiger partial charge in [-0.25, -0.2) is 0 Å². The Kier molecular flexibility index (Phi) is 13.7. The van der Waals surface area contributed by atoms with E-state index in [2.05, 4.69) is 386 Å². The maximum absolute atomic E-state index is 7.05. The predicted octanol–water partition coefficient (Wildman–Crippen LogP) is 23.9. The fraction of sp³-hybridized carbons (Fsp3) is 0.134. The average Bonchev–Trinajstić information content (AvgIpc) is 1.30. The maximum atomic E-state index is 7.05. The first kappa shape index (κ1) is 61.4. The molecule has 4 nitrogen and oxygen atoms in total. The molecule has 15 aromatic rings. The maximum Gasteiger partial charge on any atom is 0.252 e. The molecule has 3 aliphatic heterocycles. The lowest BCUT2D eigenvalue weighted by Crippen LogP contribution is -2.61. The molecule has 14 aromatic carbocycles. The van der Waals surface area contributed by atoms with E-state index >= 15 is 0 Å². The molecule has 1 spiro atoms. The summed E-state index contributed by atoms with van der Waals surface area (Å²) < 4.78 is 9.61. The Balaban J connectivity index is 1.00. The molecule has 19 rings (SSSR count). The van der Waals surface area contributed by atoms with Crippen LogP contribution in [0.4, 0.5) is 34.1 Å². The number of nitrogens with zero attached hydrogens (tertiary/aromatic N) is 3. The van der Waals surface area contributed by atoms with Crippen molar-refractivity contribution >= 4 is 79.0 Å². The second-order valence-electron chi connectivity index (χ2n) is 31.5. The summed E-state index contributed by atoms with van der Waals surface area (Å²) in [6.07, 6.45) is 0. The van der Waals surface area contributed by atoms with Crippen LogP contribution in [0.1, 0.15) is 101 Å². The first-order valence-corrected chi connectivity index (χ1v) is 36.2. The summed E-state index contributed by atoms with van der Waals surface area (Å²) in [7, 11) is 0. The Labute approximate surface area is 599 Å². The van der Waals surface area contributed by atoms with E-state index < -0.39 is 5.41 Å². The second-order valence-corrected chi connectivity index (χ2v) is 31.5. The zero-order valence-corrected chi connectivity index (χ0v) is 59.3. The summed E-state index contributed by atoms with van der Waals surface area (Å²) in [5, 5.41) is 2.52. The Morgan fingerprint density at radius 1 is 0.294 bits per heavy atom. The highest BCUT2D eigenvalue weighted by molar-refractivity contribution is 7.00. The van der Waals surface area contributed by atoms with Gasteiger partial charge >= 0.3 is 0 Å². The Morgan fingerprint density at radius 3 is 1.15 bits per heavy atom. The van der Waals surface area contributed by atoms with Crippen LogP contribution < -0.4 is 30.9 Å². The molecular weight excluding hydrogens is 1230 g/mol. The number of anilines is 6. The van der Waals surface area contributed by atoms with E-state index in [1.54, 1.807) is 0 Å². The molecule has 1 aliphatic carbocycles. The number of hydrogen-bond donors (Lipinski definition) is 0. The van der Waals surface area contributed by atoms with E-state index in [0.717, 1.165) is 107 Å². The van der Waals surface area contributed by atoms with Crippen LogP contribution in [-0.4, -0.2) is 11.3 Å². The number of hydrogen-bond acceptors (Lipinski definition) is 3. The Bertz CT molecular complexity index is 5700. The molecule has 5 heteroatoms. The van der Waals surface area contributed by atoms with Crippen LogP contribution in [0.2, 0.25) is 0 Å². The SMILES string of the molecule is CC(C)(C)c1cc2c3c(c1)N(c1c(-c4ccccc4)cccc1-c1ccccc1)c1cc4c(cc1B3c1ccc(-n3c5ccc(C(C)(C)C)cc5c5cc(C(C)(C)C)ccc53)cc1N2c1c(-c2ccccc2)cccc1-c1ccccc1)C1(c2ccccc2Oc2ccccc21)c1ccccc1-4. The highest BCUT2D eigenvalue weighted by Gasteiger charge is 2.54. The summed E-state index contributed by atoms with van der Waals surface area (Å²) in [6, 6.07) is 118. The van der Waals surface area contributed by atoms with E-state index in [1.165, 1.54) is 77.1 Å². The molecule has 0 fully saturated rings. The van der Waals surface area contributed by atoms with Crippen molar-refractivity contribution in [3.8, 4) is 72.8 Å². The molecule has 0 atom stereocenters. The van der Waals surface area contributed by atoms with Gasteiger partial charge < -0.3 is 19.1 Å². The fourth-order valence-corrected chi connectivity index (χ4v) is 17.6. The highest BCUT2D eigenvalue weighted by Crippen LogP contribution is 2.64. The van der Waals surface area contributed by atoms with E-state index in [0.29, 0.717) is 0 Å². The van der Waals surface area contributed by atoms with Gasteiger partial charge in [-0.1, -0.05) is 305 Å². The number of rotatable bonds is 7. The van der Waals surface area contributed by atoms with E-state index in [-0.39, 0.29) is 23.0 Å². The average molecular weight is 1310 g/mol. The number of benzene rings is 14. The minimum Gasteiger partial charge on any atom is -0.457 e. The van der Waals surface area contributed by atoms with Gasteiger partial charge in [-0.05, 0) is 161 Å². The smallest absolute Gasteiger partial charge is 0.252 e. The lowest BCUT2D eigenvalue weighted by Gasteiger charge is -2.47. The van der Waals surface area contributed by atoms with Crippen molar-refractivity contribution in [3.63, 3.8) is 0 Å². The standard InChI is InChI=1S/C97H78BN3O/c1-94(2,3)65-48-52-83-75(54-65)76-55-66(95(4,5)6)49-53-84(76)99(83)68-50-51-81-85(58-68)100(92-69(61-30-14-10-15-31-61)39-28-40-70(92)62-32-16-11-17-33-62)87-56-67(96(7,8)9)57-88-91(87)98(81)82-60-80-74(73-38-22-23-43-77(73)97(80)78-44-24-26-46-89(78)102-90-47-27-25-45-79(90)97)59-86(82)101(88)93-71(63-34-18-12-19-35-63)41-29-42-72(93)64-36-20-13-21-37-64/h10-60H,1-9H3. The number of ether oxygens (including phenoxy) is 1. The number of aromatic nitrogens is 1. The molecule has 0 amide bonds. The molecule has 102 heavy (non-hydrogen) atoms. The molecule has 1 aromatic heterocycles. The third-order valence-corrected chi connectivity index (χ3v) is 22.5. The minimum atomic E-state index is -0.740. The first-order chi connectivity index (χ1) is 49.5. The normalized spacial score (nSPS) is 13.8. The first-order valence-electron chi connectivity index (χ1n) is 36.2. The summed E-state index contributed by atoms with van der Waals surface area (Å²) in [4.78, 5) is 5.44. The molecule has 0 bridgehead atoms. The van der Waals surface area contributed by atoms with Crippen molar-refractivity contribution in [2.45, 2.75) is 84.0 Å². The van der Waals surface area contributed by atoms with Gasteiger partial charge in [0.2, 0.25) is 0 Å². The highest BCUT2D eigenvalue weighted by atomic mass is 16.5. The van der Waals surface area contributed by atoms with Gasteiger partial charge in [-0.15, -0.1) is 0 Å². The van der Waals surface area contributed by atoms with Crippen molar-refractivity contribution in [1.82, 2.24) is 4.57 Å². The summed E-state index contributed by atoms with van der Waals surface area (Å²) in [6.45, 7) is 20.9. The molecule has 490 valence electrons. The zero-order chi connectivity index (χ0) is 69.1. The third kappa shape index (κ3) is 9.22. The van der Waals surface area contributed by atoms with Crippen molar-refractivity contribution < 1.29 is 4.74 Å². The van der Waals surface area contributed by atoms with Crippen molar-refractivity contribution in [1.29, 1.82) is 0 Å². The van der Waals surface area contributed by atoms with Crippen LogP contribution in [0.15, 0.2) is 309 Å². The Morgan fingerprint density at radius 2 is 0.696 bits per heavy atom. The molecular formula is C97H78BN3O. The van der Waals surface area contributed by atoms with Crippen LogP contribution in [0.3, 0.4) is 0 Å². The quantitative estimate of drug-likeness (QED) is 0.148. The van der Waals surface area contributed by atoms with Gasteiger partial charge in [0.15, 0.2) is 0 Å². The topological polar surface area (TPSA) is 20.6 Å². The molecule has 0 saturated carbocycles. The van der Waals surface area contributed by atoms with Crippen LogP contribution in [0, 0.1) is 0 Å². The molecule has 0 saturated heterocycles. The van der Waals surface area contributed by atoms with E-state index in [9.17, 15) is 0 Å². The predicted molar refractivity (Wildman–Crippen MR) is 430 cm³/mol. The molecule has 0 radical (unpaired) electrons. The number of fused-ring (bicyclic) bond motifs is 16. The molecule has 4 aliphatic rings. The van der Waals surface area contributed by atoms with Gasteiger partial charge in [-0.3, -0.25) is 0 Å². The summed E-state index contributed by atoms with van der Waals surface area (Å²) in [5.41, 5.74) is 33.1. The van der Waals surface area contributed by atoms with E-state index in [4.69, 9.17) is 4.74 Å².